The number of Topliss-reactive ketones (excluding diaryl/α,β-unsaturated/α-hetero) is 1. The fraction of sp³-hybridized carbons (Fsp3) is 0.0400. The number of rotatable bonds is 0. The second kappa shape index (κ2) is 5.55. The molecule has 2 aliphatic carbocycles. The largest absolute Gasteiger partial charge is 0.294 e. The number of fused-ring (bicyclic) bond motifs is 7. The summed E-state index contributed by atoms with van der Waals surface area (Å²) in [5, 5.41) is 1.52. The van der Waals surface area contributed by atoms with Gasteiger partial charge in [-0.2, -0.15) is 0 Å². The molecule has 6 rings (SSSR count). The SMILES string of the molecule is O=C1c2ccccc2C(=O)c2c1ccc1cc3c4c(ccc3nc21)C=CCC4=O. The van der Waals surface area contributed by atoms with Gasteiger partial charge in [0, 0.05) is 39.4 Å². The maximum absolute atomic E-state index is 13.2. The second-order valence-corrected chi connectivity index (χ2v) is 7.38. The van der Waals surface area contributed by atoms with Crippen LogP contribution in [0.25, 0.3) is 27.9 Å². The number of ketones is 3. The van der Waals surface area contributed by atoms with E-state index in [0.29, 0.717) is 45.3 Å². The molecule has 4 aromatic rings. The zero-order valence-corrected chi connectivity index (χ0v) is 15.2. The molecule has 0 saturated heterocycles. The minimum Gasteiger partial charge on any atom is -0.294 e. The van der Waals surface area contributed by atoms with Crippen LogP contribution in [0.1, 0.15) is 54.2 Å². The van der Waals surface area contributed by atoms with Crippen molar-refractivity contribution in [1.82, 2.24) is 4.98 Å². The smallest absolute Gasteiger partial charge is 0.196 e. The van der Waals surface area contributed by atoms with E-state index in [0.717, 1.165) is 16.3 Å². The van der Waals surface area contributed by atoms with Crippen molar-refractivity contribution in [1.29, 1.82) is 0 Å². The average molecular weight is 375 g/mol. The highest BCUT2D eigenvalue weighted by atomic mass is 16.1. The van der Waals surface area contributed by atoms with Gasteiger partial charge in [-0.3, -0.25) is 14.4 Å². The van der Waals surface area contributed by atoms with Crippen molar-refractivity contribution < 1.29 is 14.4 Å². The Balaban J connectivity index is 1.70. The molecule has 0 bridgehead atoms. The number of carbonyl (C=O) groups is 3. The van der Waals surface area contributed by atoms with E-state index in [-0.39, 0.29) is 17.3 Å². The molecule has 0 amide bonds. The molecule has 0 aliphatic heterocycles. The second-order valence-electron chi connectivity index (χ2n) is 7.38. The van der Waals surface area contributed by atoms with Crippen LogP contribution in [0.4, 0.5) is 0 Å². The number of aromatic nitrogens is 1. The highest BCUT2D eigenvalue weighted by Gasteiger charge is 2.31. The number of nitrogens with zero attached hydrogens (tertiary/aromatic N) is 1. The molecule has 0 unspecified atom stereocenters. The Morgan fingerprint density at radius 3 is 2.38 bits per heavy atom. The number of hydrogen-bond acceptors (Lipinski definition) is 4. The van der Waals surface area contributed by atoms with E-state index in [4.69, 9.17) is 4.98 Å². The first kappa shape index (κ1) is 16.1. The molecule has 136 valence electrons. The molecule has 0 radical (unpaired) electrons. The van der Waals surface area contributed by atoms with Crippen molar-refractivity contribution in [2.24, 2.45) is 0 Å². The lowest BCUT2D eigenvalue weighted by molar-refractivity contribution is 0.0980. The Labute approximate surface area is 165 Å². The third-order valence-corrected chi connectivity index (χ3v) is 5.76. The Morgan fingerprint density at radius 2 is 1.55 bits per heavy atom. The van der Waals surface area contributed by atoms with E-state index in [1.165, 1.54) is 0 Å². The van der Waals surface area contributed by atoms with Crippen LogP contribution < -0.4 is 0 Å². The van der Waals surface area contributed by atoms with Gasteiger partial charge in [-0.15, -0.1) is 0 Å². The lowest BCUT2D eigenvalue weighted by atomic mass is 9.82. The van der Waals surface area contributed by atoms with Gasteiger partial charge in [0.25, 0.3) is 0 Å². The average Bonchev–Trinajstić information content (AvgIpc) is 2.75. The standard InChI is InChI=1S/C25H13NO3/c27-20-7-3-4-13-9-11-19-18(21(13)20)12-14-8-10-17-22(23(14)26-19)25(29)16-6-2-1-5-15(16)24(17)28/h1-6,8-12H,7H2. The molecule has 1 heterocycles. The molecule has 0 saturated carbocycles. The lowest BCUT2D eigenvalue weighted by Gasteiger charge is -2.19. The van der Waals surface area contributed by atoms with E-state index in [1.807, 2.05) is 36.4 Å². The summed E-state index contributed by atoms with van der Waals surface area (Å²) in [6, 6.07) is 16.0. The Hall–Kier alpha value is -3.92. The minimum absolute atomic E-state index is 0.0624. The van der Waals surface area contributed by atoms with Crippen LogP contribution in [0.5, 0.6) is 0 Å². The molecule has 0 atom stereocenters. The minimum atomic E-state index is -0.190. The van der Waals surface area contributed by atoms with Gasteiger partial charge in [-0.1, -0.05) is 48.6 Å². The summed E-state index contributed by atoms with van der Waals surface area (Å²) in [5.41, 5.74) is 4.26. The van der Waals surface area contributed by atoms with Gasteiger partial charge in [-0.25, -0.2) is 4.98 Å². The quantitative estimate of drug-likeness (QED) is 0.366. The van der Waals surface area contributed by atoms with Crippen molar-refractivity contribution >= 4 is 45.2 Å². The van der Waals surface area contributed by atoms with Crippen LogP contribution in [0.2, 0.25) is 0 Å². The fourth-order valence-electron chi connectivity index (χ4n) is 4.41. The molecule has 4 nitrogen and oxygen atoms in total. The molecule has 29 heavy (non-hydrogen) atoms. The number of allylic oxidation sites excluding steroid dienone is 1. The summed E-state index contributed by atoms with van der Waals surface area (Å²) < 4.78 is 0. The first-order valence-electron chi connectivity index (χ1n) is 9.42. The molecular formula is C25H13NO3. The molecule has 0 spiro atoms. The zero-order valence-electron chi connectivity index (χ0n) is 15.2. The maximum Gasteiger partial charge on any atom is 0.196 e. The Kier molecular flexibility index (Phi) is 3.08. The third-order valence-electron chi connectivity index (χ3n) is 5.76. The van der Waals surface area contributed by atoms with Gasteiger partial charge < -0.3 is 0 Å². The molecular weight excluding hydrogens is 362 g/mol. The van der Waals surface area contributed by atoms with Crippen LogP contribution in [0.15, 0.2) is 60.7 Å². The van der Waals surface area contributed by atoms with Gasteiger partial charge in [-0.05, 0) is 23.8 Å². The summed E-state index contributed by atoms with van der Waals surface area (Å²) in [5.74, 6) is -0.290. The molecule has 1 aromatic heterocycles. The first-order valence-corrected chi connectivity index (χ1v) is 9.42. The monoisotopic (exact) mass is 375 g/mol. The third kappa shape index (κ3) is 2.08. The van der Waals surface area contributed by atoms with Crippen LogP contribution >= 0.6 is 0 Å². The molecule has 4 heteroatoms. The number of pyridine rings is 1. The number of benzene rings is 3. The molecule has 2 aliphatic rings. The maximum atomic E-state index is 13.2. The van der Waals surface area contributed by atoms with Crippen molar-refractivity contribution in [3.05, 3.63) is 94.1 Å². The van der Waals surface area contributed by atoms with Crippen LogP contribution in [0.3, 0.4) is 0 Å². The van der Waals surface area contributed by atoms with E-state index in [1.54, 1.807) is 30.3 Å². The normalized spacial score (nSPS) is 14.8. The van der Waals surface area contributed by atoms with Crippen LogP contribution in [-0.4, -0.2) is 22.3 Å². The fourth-order valence-corrected chi connectivity index (χ4v) is 4.41. The van der Waals surface area contributed by atoms with E-state index in [9.17, 15) is 14.4 Å². The molecule has 0 fully saturated rings. The van der Waals surface area contributed by atoms with Crippen molar-refractivity contribution in [2.75, 3.05) is 0 Å². The summed E-state index contributed by atoms with van der Waals surface area (Å²) in [6.07, 6.45) is 4.19. The van der Waals surface area contributed by atoms with Gasteiger partial charge >= 0.3 is 0 Å². The van der Waals surface area contributed by atoms with E-state index < -0.39 is 0 Å². The van der Waals surface area contributed by atoms with Crippen molar-refractivity contribution in [2.45, 2.75) is 6.42 Å². The van der Waals surface area contributed by atoms with E-state index >= 15 is 0 Å². The zero-order chi connectivity index (χ0) is 19.7. The Bertz CT molecular complexity index is 1480. The van der Waals surface area contributed by atoms with Crippen LogP contribution in [-0.2, 0) is 0 Å². The predicted molar refractivity (Wildman–Crippen MR) is 111 cm³/mol. The highest BCUT2D eigenvalue weighted by Crippen LogP contribution is 2.35. The van der Waals surface area contributed by atoms with Gasteiger partial charge in [0.1, 0.15) is 0 Å². The van der Waals surface area contributed by atoms with Crippen LogP contribution in [0, 0.1) is 0 Å². The summed E-state index contributed by atoms with van der Waals surface area (Å²) in [6.45, 7) is 0. The summed E-state index contributed by atoms with van der Waals surface area (Å²) in [7, 11) is 0. The van der Waals surface area contributed by atoms with E-state index in [2.05, 4.69) is 0 Å². The summed E-state index contributed by atoms with van der Waals surface area (Å²) >= 11 is 0. The topological polar surface area (TPSA) is 64.1 Å². The summed E-state index contributed by atoms with van der Waals surface area (Å²) in [4.78, 5) is 43.5. The number of carbonyl (C=O) groups excluding carboxylic acids is 3. The Morgan fingerprint density at radius 1 is 0.759 bits per heavy atom. The first-order chi connectivity index (χ1) is 14.1. The number of hydrogen-bond donors (Lipinski definition) is 0. The highest BCUT2D eigenvalue weighted by molar-refractivity contribution is 6.32. The van der Waals surface area contributed by atoms with Gasteiger partial charge in [0.2, 0.25) is 0 Å². The van der Waals surface area contributed by atoms with Gasteiger partial charge in [0.15, 0.2) is 17.3 Å². The predicted octanol–water partition coefficient (Wildman–Crippen LogP) is 4.76. The molecule has 0 N–H and O–H groups in total. The molecule has 3 aromatic carbocycles. The van der Waals surface area contributed by atoms with Gasteiger partial charge in [0.05, 0.1) is 16.6 Å². The van der Waals surface area contributed by atoms with Crippen molar-refractivity contribution in [3.63, 3.8) is 0 Å². The van der Waals surface area contributed by atoms with Crippen molar-refractivity contribution in [3.8, 4) is 0 Å². The lowest BCUT2D eigenvalue weighted by Crippen LogP contribution is -2.21.